The Morgan fingerprint density at radius 2 is 2.11 bits per heavy atom. The summed E-state index contributed by atoms with van der Waals surface area (Å²) in [6.07, 6.45) is 4.16. The van der Waals surface area contributed by atoms with Crippen molar-refractivity contribution in [3.05, 3.63) is 33.8 Å². The molecule has 1 saturated heterocycles. The van der Waals surface area contributed by atoms with Gasteiger partial charge in [0.05, 0.1) is 0 Å². The molecule has 0 unspecified atom stereocenters. The Bertz CT molecular complexity index is 467. The van der Waals surface area contributed by atoms with Gasteiger partial charge in [0.15, 0.2) is 0 Å². The van der Waals surface area contributed by atoms with Crippen molar-refractivity contribution in [3.63, 3.8) is 0 Å². The molecule has 3 rings (SSSR count). The van der Waals surface area contributed by atoms with Crippen molar-refractivity contribution < 1.29 is 4.79 Å². The first-order valence-electron chi connectivity index (χ1n) is 6.43. The Morgan fingerprint density at radius 3 is 2.83 bits per heavy atom. The lowest BCUT2D eigenvalue weighted by atomic mass is 9.78. The summed E-state index contributed by atoms with van der Waals surface area (Å²) in [5.41, 5.74) is 3.04. The number of carbonyl (C=O) groups is 1. The second-order valence-corrected chi connectivity index (χ2v) is 6.18. The summed E-state index contributed by atoms with van der Waals surface area (Å²) in [6.45, 7) is 2.68. The standard InChI is InChI=1S/C14H17BrN2O/c15-13-3-1-2-11-8-14(16-9-12(11)13)4-6-17(10-18)7-5-14/h1-3,10,16H,4-9H2. The summed E-state index contributed by atoms with van der Waals surface area (Å²) < 4.78 is 1.20. The van der Waals surface area contributed by atoms with Crippen molar-refractivity contribution in [1.82, 2.24) is 10.2 Å². The number of likely N-dealkylation sites (tertiary alicyclic amines) is 1. The van der Waals surface area contributed by atoms with E-state index in [4.69, 9.17) is 0 Å². The zero-order valence-electron chi connectivity index (χ0n) is 10.3. The van der Waals surface area contributed by atoms with E-state index in [1.54, 1.807) is 0 Å². The van der Waals surface area contributed by atoms with Crippen molar-refractivity contribution in [2.24, 2.45) is 0 Å². The Balaban J connectivity index is 1.81. The number of fused-ring (bicyclic) bond motifs is 1. The van der Waals surface area contributed by atoms with Gasteiger partial charge in [-0.3, -0.25) is 4.79 Å². The van der Waals surface area contributed by atoms with Gasteiger partial charge < -0.3 is 10.2 Å². The molecule has 4 heteroatoms. The maximum absolute atomic E-state index is 10.8. The van der Waals surface area contributed by atoms with Gasteiger partial charge in [-0.05, 0) is 36.5 Å². The largest absolute Gasteiger partial charge is 0.345 e. The predicted molar refractivity (Wildman–Crippen MR) is 74.3 cm³/mol. The number of piperidine rings is 1. The van der Waals surface area contributed by atoms with E-state index in [-0.39, 0.29) is 5.54 Å². The zero-order chi connectivity index (χ0) is 12.6. The number of rotatable bonds is 1. The van der Waals surface area contributed by atoms with Crippen LogP contribution in [0.1, 0.15) is 24.0 Å². The van der Waals surface area contributed by atoms with Crippen molar-refractivity contribution in [1.29, 1.82) is 0 Å². The van der Waals surface area contributed by atoms with Gasteiger partial charge in [0, 0.05) is 29.6 Å². The van der Waals surface area contributed by atoms with E-state index in [1.165, 1.54) is 15.6 Å². The summed E-state index contributed by atoms with van der Waals surface area (Å²) in [4.78, 5) is 12.7. The van der Waals surface area contributed by atoms with Crippen LogP contribution in [0.2, 0.25) is 0 Å². The minimum Gasteiger partial charge on any atom is -0.345 e. The van der Waals surface area contributed by atoms with Gasteiger partial charge in [0.1, 0.15) is 0 Å². The number of benzene rings is 1. The normalized spacial score (nSPS) is 21.7. The van der Waals surface area contributed by atoms with Crippen LogP contribution < -0.4 is 5.32 Å². The molecular formula is C14H17BrN2O. The highest BCUT2D eigenvalue weighted by molar-refractivity contribution is 9.10. The number of amides is 1. The lowest BCUT2D eigenvalue weighted by Crippen LogP contribution is -2.56. The van der Waals surface area contributed by atoms with Gasteiger partial charge in [0.25, 0.3) is 0 Å². The predicted octanol–water partition coefficient (Wildman–Crippen LogP) is 2.09. The molecule has 2 aliphatic rings. The van der Waals surface area contributed by atoms with Crippen LogP contribution in [0.25, 0.3) is 0 Å². The molecule has 96 valence electrons. The summed E-state index contributed by atoms with van der Waals surface area (Å²) in [5, 5.41) is 3.70. The van der Waals surface area contributed by atoms with E-state index in [1.807, 2.05) is 4.90 Å². The second kappa shape index (κ2) is 4.67. The first-order chi connectivity index (χ1) is 8.72. The Labute approximate surface area is 116 Å². The SMILES string of the molecule is O=CN1CCC2(CC1)Cc1cccc(Br)c1CN2. The van der Waals surface area contributed by atoms with Crippen molar-refractivity contribution in [2.45, 2.75) is 31.3 Å². The number of nitrogens with one attached hydrogen (secondary N) is 1. The quantitative estimate of drug-likeness (QED) is 0.806. The molecule has 1 aromatic rings. The fraction of sp³-hybridized carbons (Fsp3) is 0.500. The molecule has 3 nitrogen and oxygen atoms in total. The molecule has 0 radical (unpaired) electrons. The summed E-state index contributed by atoms with van der Waals surface area (Å²) in [7, 11) is 0. The van der Waals surface area contributed by atoms with Crippen molar-refractivity contribution in [3.8, 4) is 0 Å². The average Bonchev–Trinajstić information content (AvgIpc) is 2.40. The van der Waals surface area contributed by atoms with E-state index in [9.17, 15) is 4.79 Å². The third kappa shape index (κ3) is 2.08. The highest BCUT2D eigenvalue weighted by Gasteiger charge is 2.37. The maximum Gasteiger partial charge on any atom is 0.209 e. The van der Waals surface area contributed by atoms with Crippen LogP contribution >= 0.6 is 15.9 Å². The van der Waals surface area contributed by atoms with Gasteiger partial charge in [-0.25, -0.2) is 0 Å². The van der Waals surface area contributed by atoms with E-state index in [0.717, 1.165) is 45.3 Å². The summed E-state index contributed by atoms with van der Waals surface area (Å²) in [5.74, 6) is 0. The van der Waals surface area contributed by atoms with E-state index in [2.05, 4.69) is 39.4 Å². The molecule has 1 N–H and O–H groups in total. The van der Waals surface area contributed by atoms with Gasteiger partial charge >= 0.3 is 0 Å². The molecule has 1 amide bonds. The third-order valence-corrected chi connectivity index (χ3v) is 5.03. The first-order valence-corrected chi connectivity index (χ1v) is 7.22. The number of hydrogen-bond donors (Lipinski definition) is 1. The molecular weight excluding hydrogens is 292 g/mol. The number of halogens is 1. The monoisotopic (exact) mass is 308 g/mol. The van der Waals surface area contributed by atoms with Crippen LogP contribution in [-0.2, 0) is 17.8 Å². The highest BCUT2D eigenvalue weighted by Crippen LogP contribution is 2.34. The van der Waals surface area contributed by atoms with E-state index >= 15 is 0 Å². The molecule has 1 fully saturated rings. The van der Waals surface area contributed by atoms with Crippen LogP contribution in [0.4, 0.5) is 0 Å². The molecule has 2 heterocycles. The van der Waals surface area contributed by atoms with Crippen LogP contribution in [0, 0.1) is 0 Å². The molecule has 0 bridgehead atoms. The molecule has 0 aliphatic carbocycles. The fourth-order valence-corrected chi connectivity index (χ4v) is 3.63. The summed E-state index contributed by atoms with van der Waals surface area (Å²) >= 11 is 3.62. The number of carbonyl (C=O) groups excluding carboxylic acids is 1. The second-order valence-electron chi connectivity index (χ2n) is 5.33. The van der Waals surface area contributed by atoms with Crippen molar-refractivity contribution >= 4 is 22.3 Å². The lowest BCUT2D eigenvalue weighted by Gasteiger charge is -2.44. The topological polar surface area (TPSA) is 32.3 Å². The maximum atomic E-state index is 10.8. The third-order valence-electron chi connectivity index (χ3n) is 4.29. The van der Waals surface area contributed by atoms with E-state index in [0.29, 0.717) is 0 Å². The van der Waals surface area contributed by atoms with Gasteiger partial charge in [-0.2, -0.15) is 0 Å². The lowest BCUT2D eigenvalue weighted by molar-refractivity contribution is -0.119. The first kappa shape index (κ1) is 12.2. The Morgan fingerprint density at radius 1 is 1.33 bits per heavy atom. The molecule has 0 atom stereocenters. The summed E-state index contributed by atoms with van der Waals surface area (Å²) in [6, 6.07) is 6.45. The highest BCUT2D eigenvalue weighted by atomic mass is 79.9. The van der Waals surface area contributed by atoms with Crippen LogP contribution in [-0.4, -0.2) is 29.9 Å². The van der Waals surface area contributed by atoms with E-state index < -0.39 is 0 Å². The minimum atomic E-state index is 0.202. The van der Waals surface area contributed by atoms with Crippen molar-refractivity contribution in [2.75, 3.05) is 13.1 Å². The molecule has 1 aromatic carbocycles. The van der Waals surface area contributed by atoms with Crippen LogP contribution in [0.5, 0.6) is 0 Å². The van der Waals surface area contributed by atoms with Gasteiger partial charge in [0.2, 0.25) is 6.41 Å². The molecule has 1 spiro atoms. The Kier molecular flexibility index (Phi) is 3.16. The number of hydrogen-bond acceptors (Lipinski definition) is 2. The van der Waals surface area contributed by atoms with Crippen LogP contribution in [0.3, 0.4) is 0 Å². The molecule has 0 aromatic heterocycles. The van der Waals surface area contributed by atoms with Gasteiger partial charge in [-0.15, -0.1) is 0 Å². The fourth-order valence-electron chi connectivity index (χ4n) is 3.08. The number of nitrogens with zero attached hydrogens (tertiary/aromatic N) is 1. The molecule has 0 saturated carbocycles. The molecule has 18 heavy (non-hydrogen) atoms. The average molecular weight is 309 g/mol. The van der Waals surface area contributed by atoms with Crippen LogP contribution in [0.15, 0.2) is 22.7 Å². The minimum absolute atomic E-state index is 0.202. The Hall–Kier alpha value is -0.870. The zero-order valence-corrected chi connectivity index (χ0v) is 11.9. The molecule has 2 aliphatic heterocycles. The smallest absolute Gasteiger partial charge is 0.209 e. The van der Waals surface area contributed by atoms with Gasteiger partial charge in [-0.1, -0.05) is 28.1 Å².